The largest absolute Gasteiger partial charge is 0.491 e. The quantitative estimate of drug-likeness (QED) is 0.379. The number of carbonyl (C=O) groups excluding carboxylic acids is 1. The fraction of sp³-hybridized carbons (Fsp3) is 0.316. The standard InChI is InChI=1S/C19H21ClO6.2H2S/c20-9-15(22)11-25-17-5-1-13(2-6-17)19(24)14-3-7-18(8-4-14)26-12-16(23)10-21;;/h1-8,15-16,21-23H,9-12H2;2*1H2. The lowest BCUT2D eigenvalue weighted by molar-refractivity contribution is 0.0536. The average Bonchev–Trinajstić information content (AvgIpc) is 2.70. The van der Waals surface area contributed by atoms with E-state index in [0.29, 0.717) is 22.6 Å². The van der Waals surface area contributed by atoms with Gasteiger partial charge >= 0.3 is 0 Å². The van der Waals surface area contributed by atoms with Gasteiger partial charge in [0.15, 0.2) is 5.78 Å². The highest BCUT2D eigenvalue weighted by atomic mass is 35.5. The third-order valence-electron chi connectivity index (χ3n) is 3.51. The third-order valence-corrected chi connectivity index (χ3v) is 3.86. The first-order valence-electron chi connectivity index (χ1n) is 8.07. The van der Waals surface area contributed by atoms with Gasteiger partial charge in [-0.25, -0.2) is 0 Å². The van der Waals surface area contributed by atoms with Gasteiger partial charge in [0.05, 0.1) is 12.5 Å². The van der Waals surface area contributed by atoms with E-state index < -0.39 is 12.2 Å². The van der Waals surface area contributed by atoms with Crippen molar-refractivity contribution in [2.75, 3.05) is 25.7 Å². The Hall–Kier alpha value is -1.42. The molecule has 9 heteroatoms. The van der Waals surface area contributed by atoms with Crippen molar-refractivity contribution in [1.82, 2.24) is 0 Å². The summed E-state index contributed by atoms with van der Waals surface area (Å²) < 4.78 is 10.7. The normalized spacial score (nSPS) is 12.1. The van der Waals surface area contributed by atoms with Gasteiger partial charge in [0.2, 0.25) is 0 Å². The van der Waals surface area contributed by atoms with Gasteiger partial charge in [0.25, 0.3) is 0 Å². The maximum atomic E-state index is 12.5. The Morgan fingerprint density at radius 3 is 1.57 bits per heavy atom. The fourth-order valence-electron chi connectivity index (χ4n) is 2.05. The molecule has 0 fully saturated rings. The van der Waals surface area contributed by atoms with E-state index in [1.807, 2.05) is 0 Å². The monoisotopic (exact) mass is 448 g/mol. The molecule has 6 nitrogen and oxygen atoms in total. The molecule has 0 amide bonds. The minimum atomic E-state index is -0.942. The van der Waals surface area contributed by atoms with E-state index >= 15 is 0 Å². The molecule has 0 heterocycles. The lowest BCUT2D eigenvalue weighted by Gasteiger charge is -2.11. The van der Waals surface area contributed by atoms with Crippen LogP contribution >= 0.6 is 38.6 Å². The van der Waals surface area contributed by atoms with Crippen molar-refractivity contribution < 1.29 is 29.6 Å². The number of alkyl halides is 1. The van der Waals surface area contributed by atoms with Gasteiger partial charge in [-0.15, -0.1) is 11.6 Å². The van der Waals surface area contributed by atoms with Gasteiger partial charge in [0, 0.05) is 11.1 Å². The lowest BCUT2D eigenvalue weighted by Crippen LogP contribution is -2.21. The zero-order chi connectivity index (χ0) is 18.9. The Bertz CT molecular complexity index is 637. The second-order valence-electron chi connectivity index (χ2n) is 5.64. The van der Waals surface area contributed by atoms with E-state index in [-0.39, 0.29) is 58.5 Å². The highest BCUT2D eigenvalue weighted by Crippen LogP contribution is 2.18. The number of halogens is 1. The number of hydrogen-bond acceptors (Lipinski definition) is 6. The SMILES string of the molecule is O=C(c1ccc(OCC(O)CO)cc1)c1ccc(OCC(O)CCl)cc1.S.S. The molecule has 2 rings (SSSR count). The number of aliphatic hydroxyl groups excluding tert-OH is 3. The van der Waals surface area contributed by atoms with E-state index in [0.717, 1.165) is 0 Å². The summed E-state index contributed by atoms with van der Waals surface area (Å²) in [7, 11) is 0. The van der Waals surface area contributed by atoms with Gasteiger partial charge in [-0.3, -0.25) is 4.79 Å². The highest BCUT2D eigenvalue weighted by Gasteiger charge is 2.10. The number of ketones is 1. The Morgan fingerprint density at radius 1 is 0.821 bits per heavy atom. The number of ether oxygens (including phenoxy) is 2. The van der Waals surface area contributed by atoms with Gasteiger partial charge in [-0.05, 0) is 48.5 Å². The molecule has 2 unspecified atom stereocenters. The fourth-order valence-corrected chi connectivity index (χ4v) is 2.14. The van der Waals surface area contributed by atoms with Crippen molar-refractivity contribution >= 4 is 44.4 Å². The first kappa shape index (κ1) is 26.6. The van der Waals surface area contributed by atoms with Crippen LogP contribution in [-0.4, -0.2) is 59.0 Å². The molecule has 0 saturated carbocycles. The third kappa shape index (κ3) is 8.30. The average molecular weight is 449 g/mol. The second-order valence-corrected chi connectivity index (χ2v) is 5.95. The van der Waals surface area contributed by atoms with Gasteiger partial charge < -0.3 is 24.8 Å². The summed E-state index contributed by atoms with van der Waals surface area (Å²) in [5.74, 6) is 0.974. The van der Waals surface area contributed by atoms with E-state index in [9.17, 15) is 15.0 Å². The number of hydrogen-bond donors (Lipinski definition) is 3. The molecule has 0 spiro atoms. The van der Waals surface area contributed by atoms with Crippen LogP contribution in [0.25, 0.3) is 0 Å². The maximum absolute atomic E-state index is 12.5. The Labute approximate surface area is 183 Å². The summed E-state index contributed by atoms with van der Waals surface area (Å²) in [6.45, 7) is -0.311. The van der Waals surface area contributed by atoms with Crippen LogP contribution < -0.4 is 9.47 Å². The molecular weight excluding hydrogens is 424 g/mol. The number of rotatable bonds is 10. The molecule has 2 atom stereocenters. The van der Waals surface area contributed by atoms with Gasteiger partial charge in [0.1, 0.15) is 36.9 Å². The molecule has 2 aromatic rings. The minimum Gasteiger partial charge on any atom is -0.491 e. The predicted octanol–water partition coefficient (Wildman–Crippen LogP) is 1.85. The predicted molar refractivity (Wildman–Crippen MR) is 118 cm³/mol. The maximum Gasteiger partial charge on any atom is 0.193 e. The summed E-state index contributed by atoms with van der Waals surface area (Å²) in [6.07, 6.45) is -1.68. The van der Waals surface area contributed by atoms with Crippen molar-refractivity contribution in [1.29, 1.82) is 0 Å². The number of carbonyl (C=O) groups is 1. The first-order valence-corrected chi connectivity index (χ1v) is 8.60. The first-order chi connectivity index (χ1) is 12.5. The van der Waals surface area contributed by atoms with Crippen LogP contribution in [0.15, 0.2) is 48.5 Å². The molecule has 0 aliphatic carbocycles. The number of aliphatic hydroxyl groups is 3. The van der Waals surface area contributed by atoms with E-state index in [2.05, 4.69) is 0 Å². The van der Waals surface area contributed by atoms with Crippen molar-refractivity contribution in [3.8, 4) is 11.5 Å². The molecule has 2 aromatic carbocycles. The molecule has 0 aromatic heterocycles. The molecule has 0 radical (unpaired) electrons. The lowest BCUT2D eigenvalue weighted by atomic mass is 10.0. The Balaban J connectivity index is 0.00000364. The molecule has 0 saturated heterocycles. The summed E-state index contributed by atoms with van der Waals surface area (Å²) in [4.78, 5) is 12.5. The van der Waals surface area contributed by atoms with Crippen molar-refractivity contribution in [3.63, 3.8) is 0 Å². The van der Waals surface area contributed by atoms with Crippen molar-refractivity contribution in [3.05, 3.63) is 59.7 Å². The van der Waals surface area contributed by atoms with Crippen LogP contribution in [0.5, 0.6) is 11.5 Å². The highest BCUT2D eigenvalue weighted by molar-refractivity contribution is 7.59. The molecule has 0 bridgehead atoms. The molecule has 0 aliphatic rings. The van der Waals surface area contributed by atoms with E-state index in [1.54, 1.807) is 48.5 Å². The summed E-state index contributed by atoms with van der Waals surface area (Å²) in [5.41, 5.74) is 0.992. The minimum absolute atomic E-state index is 0. The molecule has 3 N–H and O–H groups in total. The molecule has 28 heavy (non-hydrogen) atoms. The van der Waals surface area contributed by atoms with E-state index in [4.69, 9.17) is 26.2 Å². The number of benzene rings is 2. The Morgan fingerprint density at radius 2 is 1.21 bits per heavy atom. The van der Waals surface area contributed by atoms with Crippen molar-refractivity contribution in [2.24, 2.45) is 0 Å². The smallest absolute Gasteiger partial charge is 0.193 e. The van der Waals surface area contributed by atoms with Crippen LogP contribution in [0.2, 0.25) is 0 Å². The van der Waals surface area contributed by atoms with E-state index in [1.165, 1.54) is 0 Å². The van der Waals surface area contributed by atoms with Crippen LogP contribution in [0.4, 0.5) is 0 Å². The van der Waals surface area contributed by atoms with Crippen LogP contribution in [0.1, 0.15) is 15.9 Å². The second kappa shape index (κ2) is 13.7. The van der Waals surface area contributed by atoms with Crippen LogP contribution in [0, 0.1) is 0 Å². The zero-order valence-corrected chi connectivity index (χ0v) is 17.8. The van der Waals surface area contributed by atoms with Gasteiger partial charge in [-0.1, -0.05) is 0 Å². The zero-order valence-electron chi connectivity index (χ0n) is 15.0. The summed E-state index contributed by atoms with van der Waals surface area (Å²) in [6, 6.07) is 13.1. The van der Waals surface area contributed by atoms with Crippen LogP contribution in [0.3, 0.4) is 0 Å². The van der Waals surface area contributed by atoms with Gasteiger partial charge in [-0.2, -0.15) is 27.0 Å². The molecule has 0 aliphatic heterocycles. The summed E-state index contributed by atoms with van der Waals surface area (Å²) >= 11 is 5.50. The topological polar surface area (TPSA) is 96.2 Å². The molecule has 156 valence electrons. The summed E-state index contributed by atoms with van der Waals surface area (Å²) in [5, 5.41) is 27.4. The van der Waals surface area contributed by atoms with Crippen LogP contribution in [-0.2, 0) is 0 Å². The van der Waals surface area contributed by atoms with Crippen molar-refractivity contribution in [2.45, 2.75) is 12.2 Å². The molecular formula is C19H25ClO6S2. The Kier molecular flexibility index (Phi) is 13.0.